The molecular weight excluding hydrogens is 323 g/mol. The van der Waals surface area contributed by atoms with Crippen LogP contribution in [0.4, 0.5) is 4.39 Å². The summed E-state index contributed by atoms with van der Waals surface area (Å²) in [6.45, 7) is 3.05. The number of benzene rings is 1. The zero-order valence-corrected chi connectivity index (χ0v) is 14.5. The summed E-state index contributed by atoms with van der Waals surface area (Å²) in [4.78, 5) is 24.1. The second-order valence-corrected chi connectivity index (χ2v) is 7.01. The molecule has 1 aromatic carbocycles. The summed E-state index contributed by atoms with van der Waals surface area (Å²) in [5, 5.41) is 5.80. The molecule has 25 heavy (non-hydrogen) atoms. The normalized spacial score (nSPS) is 26.1. The zero-order valence-electron chi connectivity index (χ0n) is 14.5. The van der Waals surface area contributed by atoms with Gasteiger partial charge in [-0.3, -0.25) is 9.59 Å². The van der Waals surface area contributed by atoms with Crippen LogP contribution in [-0.4, -0.2) is 31.1 Å². The van der Waals surface area contributed by atoms with Gasteiger partial charge in [0.25, 0.3) is 0 Å². The quantitative estimate of drug-likeness (QED) is 0.795. The second-order valence-electron chi connectivity index (χ2n) is 7.01. The van der Waals surface area contributed by atoms with Gasteiger partial charge in [-0.25, -0.2) is 4.39 Å². The maximum atomic E-state index is 13.2. The van der Waals surface area contributed by atoms with Gasteiger partial charge in [0.2, 0.25) is 11.8 Å². The molecule has 4 unspecified atom stereocenters. The van der Waals surface area contributed by atoms with Crippen molar-refractivity contribution in [1.29, 1.82) is 0 Å². The molecule has 0 radical (unpaired) electrons. The van der Waals surface area contributed by atoms with Gasteiger partial charge in [-0.2, -0.15) is 0 Å². The van der Waals surface area contributed by atoms with E-state index in [1.54, 1.807) is 12.1 Å². The van der Waals surface area contributed by atoms with Crippen molar-refractivity contribution in [2.45, 2.75) is 44.8 Å². The topological polar surface area (TPSA) is 67.4 Å². The van der Waals surface area contributed by atoms with Gasteiger partial charge in [0, 0.05) is 25.5 Å². The van der Waals surface area contributed by atoms with Gasteiger partial charge in [-0.15, -0.1) is 0 Å². The van der Waals surface area contributed by atoms with Crippen LogP contribution >= 0.6 is 0 Å². The van der Waals surface area contributed by atoms with Gasteiger partial charge >= 0.3 is 0 Å². The number of nitrogens with one attached hydrogen (secondary N) is 2. The largest absolute Gasteiger partial charge is 0.376 e. The molecule has 2 fully saturated rings. The number of carbonyl (C=O) groups excluding carboxylic acids is 2. The molecule has 1 saturated carbocycles. The predicted molar refractivity (Wildman–Crippen MR) is 91.2 cm³/mol. The highest BCUT2D eigenvalue weighted by atomic mass is 19.1. The number of rotatable bonds is 7. The Morgan fingerprint density at radius 2 is 2.04 bits per heavy atom. The first-order chi connectivity index (χ1) is 12.0. The lowest BCUT2D eigenvalue weighted by molar-refractivity contribution is -0.124. The first kappa shape index (κ1) is 17.9. The van der Waals surface area contributed by atoms with E-state index in [4.69, 9.17) is 4.74 Å². The maximum absolute atomic E-state index is 13.2. The highest BCUT2D eigenvalue weighted by Gasteiger charge is 2.38. The van der Waals surface area contributed by atoms with Crippen molar-refractivity contribution in [3.8, 4) is 0 Å². The molecule has 136 valence electrons. The molecule has 5 nitrogen and oxygen atoms in total. The number of halogens is 1. The average molecular weight is 348 g/mol. The Hall–Kier alpha value is -1.95. The monoisotopic (exact) mass is 348 g/mol. The van der Waals surface area contributed by atoms with Crippen LogP contribution in [0.2, 0.25) is 0 Å². The SMILES string of the molecule is CC1CC1C(=O)NCCC(=O)NC(c1ccc(F)cc1)C1CCCO1. The Bertz CT molecular complexity index is 614. The molecule has 2 amide bonds. The minimum absolute atomic E-state index is 0.0366. The van der Waals surface area contributed by atoms with Gasteiger partial charge in [0.1, 0.15) is 5.82 Å². The van der Waals surface area contributed by atoms with E-state index in [2.05, 4.69) is 10.6 Å². The number of hydrogen-bond acceptors (Lipinski definition) is 3. The molecule has 0 aromatic heterocycles. The number of carbonyl (C=O) groups is 2. The van der Waals surface area contributed by atoms with E-state index in [1.807, 2.05) is 6.92 Å². The standard InChI is InChI=1S/C19H25FN2O3/c1-12-11-15(12)19(24)21-9-8-17(23)22-18(16-3-2-10-25-16)13-4-6-14(20)7-5-13/h4-7,12,15-16,18H,2-3,8-11H2,1H3,(H,21,24)(H,22,23). The zero-order chi connectivity index (χ0) is 17.8. The molecule has 0 spiro atoms. The summed E-state index contributed by atoms with van der Waals surface area (Å²) in [5.74, 6) is 0.153. The highest BCUT2D eigenvalue weighted by molar-refractivity contribution is 5.82. The van der Waals surface area contributed by atoms with Crippen molar-refractivity contribution >= 4 is 11.8 Å². The van der Waals surface area contributed by atoms with Gasteiger partial charge in [-0.1, -0.05) is 19.1 Å². The van der Waals surface area contributed by atoms with Crippen molar-refractivity contribution < 1.29 is 18.7 Å². The molecule has 6 heteroatoms. The predicted octanol–water partition coefficient (Wildman–Crippen LogP) is 2.32. The summed E-state index contributed by atoms with van der Waals surface area (Å²) in [6.07, 6.45) is 2.87. The fourth-order valence-electron chi connectivity index (χ4n) is 3.29. The van der Waals surface area contributed by atoms with Crippen LogP contribution in [0.3, 0.4) is 0 Å². The second kappa shape index (κ2) is 7.95. The first-order valence-electron chi connectivity index (χ1n) is 8.98. The molecule has 3 rings (SSSR count). The van der Waals surface area contributed by atoms with Crippen LogP contribution in [-0.2, 0) is 14.3 Å². The Kier molecular flexibility index (Phi) is 5.68. The first-order valence-corrected chi connectivity index (χ1v) is 8.98. The molecular formula is C19H25FN2O3. The van der Waals surface area contributed by atoms with E-state index in [1.165, 1.54) is 12.1 Å². The number of amides is 2. The molecule has 1 heterocycles. The van der Waals surface area contributed by atoms with E-state index in [0.717, 1.165) is 24.8 Å². The van der Waals surface area contributed by atoms with Crippen LogP contribution in [0.15, 0.2) is 24.3 Å². The third-order valence-electron chi connectivity index (χ3n) is 4.98. The molecule has 2 aliphatic rings. The Morgan fingerprint density at radius 3 is 2.64 bits per heavy atom. The van der Waals surface area contributed by atoms with Crippen molar-refractivity contribution in [2.75, 3.05) is 13.2 Å². The average Bonchev–Trinajstić information content (AvgIpc) is 3.09. The van der Waals surface area contributed by atoms with Crippen molar-refractivity contribution in [2.24, 2.45) is 11.8 Å². The van der Waals surface area contributed by atoms with E-state index < -0.39 is 0 Å². The summed E-state index contributed by atoms with van der Waals surface area (Å²) < 4.78 is 18.9. The van der Waals surface area contributed by atoms with E-state index in [-0.39, 0.29) is 42.1 Å². The lowest BCUT2D eigenvalue weighted by Crippen LogP contribution is -2.38. The van der Waals surface area contributed by atoms with Gasteiger partial charge in [0.05, 0.1) is 12.1 Å². The van der Waals surface area contributed by atoms with Gasteiger partial charge < -0.3 is 15.4 Å². The minimum Gasteiger partial charge on any atom is -0.376 e. The summed E-state index contributed by atoms with van der Waals surface area (Å²) in [6, 6.07) is 5.84. The van der Waals surface area contributed by atoms with Gasteiger partial charge in [0.15, 0.2) is 0 Å². The van der Waals surface area contributed by atoms with Crippen LogP contribution in [0.5, 0.6) is 0 Å². The van der Waals surface area contributed by atoms with Gasteiger partial charge in [-0.05, 0) is 42.9 Å². The minimum atomic E-state index is -0.307. The third kappa shape index (κ3) is 4.78. The highest BCUT2D eigenvalue weighted by Crippen LogP contribution is 2.37. The van der Waals surface area contributed by atoms with Crippen molar-refractivity contribution in [1.82, 2.24) is 10.6 Å². The Labute approximate surface area is 147 Å². The lowest BCUT2D eigenvalue weighted by atomic mass is 9.99. The van der Waals surface area contributed by atoms with Crippen LogP contribution < -0.4 is 10.6 Å². The Balaban J connectivity index is 1.53. The number of ether oxygens (including phenoxy) is 1. The Morgan fingerprint density at radius 1 is 1.32 bits per heavy atom. The molecule has 4 atom stereocenters. The van der Waals surface area contributed by atoms with Crippen molar-refractivity contribution in [3.05, 3.63) is 35.6 Å². The molecule has 1 aliphatic heterocycles. The molecule has 1 saturated heterocycles. The lowest BCUT2D eigenvalue weighted by Gasteiger charge is -2.25. The van der Waals surface area contributed by atoms with E-state index >= 15 is 0 Å². The number of hydrogen-bond donors (Lipinski definition) is 2. The van der Waals surface area contributed by atoms with Crippen LogP contribution in [0.1, 0.15) is 44.2 Å². The summed E-state index contributed by atoms with van der Waals surface area (Å²) in [5.41, 5.74) is 0.831. The van der Waals surface area contributed by atoms with E-state index in [9.17, 15) is 14.0 Å². The maximum Gasteiger partial charge on any atom is 0.223 e. The molecule has 2 N–H and O–H groups in total. The van der Waals surface area contributed by atoms with Crippen molar-refractivity contribution in [3.63, 3.8) is 0 Å². The fraction of sp³-hybridized carbons (Fsp3) is 0.579. The summed E-state index contributed by atoms with van der Waals surface area (Å²) in [7, 11) is 0. The van der Waals surface area contributed by atoms with Crippen LogP contribution in [0, 0.1) is 17.7 Å². The molecule has 1 aliphatic carbocycles. The smallest absolute Gasteiger partial charge is 0.223 e. The summed E-state index contributed by atoms with van der Waals surface area (Å²) >= 11 is 0. The molecule has 1 aromatic rings. The fourth-order valence-corrected chi connectivity index (χ4v) is 3.29. The molecule has 0 bridgehead atoms. The van der Waals surface area contributed by atoms with E-state index in [0.29, 0.717) is 19.1 Å². The third-order valence-corrected chi connectivity index (χ3v) is 4.98. The van der Waals surface area contributed by atoms with Crippen LogP contribution in [0.25, 0.3) is 0 Å².